The third-order valence-electron chi connectivity index (χ3n) is 4.54. The van der Waals surface area contributed by atoms with Crippen LogP contribution < -0.4 is 11.2 Å². The second-order valence-corrected chi connectivity index (χ2v) is 5.59. The standard InChI is InChI=1S/C13H18N2O2/c1-14-5-4-12(16)15(13(14)17)8-11-7-9-2-3-10(11)6-9/h4-5,9-11H,2-3,6-8H2,1H3. The first-order chi connectivity index (χ1) is 8.15. The van der Waals surface area contributed by atoms with Crippen molar-refractivity contribution in [3.05, 3.63) is 33.1 Å². The van der Waals surface area contributed by atoms with Crippen molar-refractivity contribution in [2.75, 3.05) is 0 Å². The van der Waals surface area contributed by atoms with Gasteiger partial charge >= 0.3 is 5.69 Å². The molecule has 2 aliphatic carbocycles. The Hall–Kier alpha value is -1.32. The summed E-state index contributed by atoms with van der Waals surface area (Å²) in [7, 11) is 1.69. The molecule has 3 atom stereocenters. The van der Waals surface area contributed by atoms with Crippen molar-refractivity contribution in [2.45, 2.75) is 32.2 Å². The molecule has 3 rings (SSSR count). The molecule has 2 bridgehead atoms. The van der Waals surface area contributed by atoms with Gasteiger partial charge in [-0.2, -0.15) is 0 Å². The summed E-state index contributed by atoms with van der Waals surface area (Å²) in [5.41, 5.74) is -0.337. The lowest BCUT2D eigenvalue weighted by Gasteiger charge is -2.22. The van der Waals surface area contributed by atoms with E-state index in [1.807, 2.05) is 0 Å². The smallest absolute Gasteiger partial charge is 0.303 e. The Morgan fingerprint density at radius 2 is 2.12 bits per heavy atom. The van der Waals surface area contributed by atoms with Gasteiger partial charge < -0.3 is 4.57 Å². The number of nitrogens with zero attached hydrogens (tertiary/aromatic N) is 2. The minimum Gasteiger partial charge on any atom is -0.303 e. The van der Waals surface area contributed by atoms with Gasteiger partial charge in [-0.15, -0.1) is 0 Å². The Balaban J connectivity index is 1.89. The zero-order chi connectivity index (χ0) is 12.0. The molecule has 2 fully saturated rings. The minimum atomic E-state index is -0.180. The normalized spacial score (nSPS) is 31.0. The molecule has 4 heteroatoms. The van der Waals surface area contributed by atoms with Crippen LogP contribution in [0, 0.1) is 17.8 Å². The van der Waals surface area contributed by atoms with E-state index in [0.717, 1.165) is 11.8 Å². The molecule has 0 aliphatic heterocycles. The van der Waals surface area contributed by atoms with E-state index in [0.29, 0.717) is 12.5 Å². The molecule has 1 aromatic heterocycles. The SMILES string of the molecule is Cn1ccc(=O)n(CC2CC3CCC2C3)c1=O. The largest absolute Gasteiger partial charge is 0.330 e. The van der Waals surface area contributed by atoms with E-state index in [-0.39, 0.29) is 11.2 Å². The molecule has 0 spiro atoms. The van der Waals surface area contributed by atoms with E-state index >= 15 is 0 Å². The van der Waals surface area contributed by atoms with Crippen molar-refractivity contribution in [3.63, 3.8) is 0 Å². The lowest BCUT2D eigenvalue weighted by molar-refractivity contribution is 0.287. The first-order valence-corrected chi connectivity index (χ1v) is 6.41. The molecule has 1 heterocycles. The summed E-state index contributed by atoms with van der Waals surface area (Å²) in [4.78, 5) is 23.6. The third-order valence-corrected chi connectivity index (χ3v) is 4.54. The quantitative estimate of drug-likeness (QED) is 0.765. The molecule has 0 N–H and O–H groups in total. The van der Waals surface area contributed by atoms with Gasteiger partial charge in [-0.1, -0.05) is 6.42 Å². The fourth-order valence-electron chi connectivity index (χ4n) is 3.62. The number of aryl methyl sites for hydroxylation is 1. The number of aromatic nitrogens is 2. The van der Waals surface area contributed by atoms with Gasteiger partial charge in [0.05, 0.1) is 0 Å². The summed E-state index contributed by atoms with van der Waals surface area (Å²) < 4.78 is 2.89. The van der Waals surface area contributed by atoms with Crippen LogP contribution in [0.3, 0.4) is 0 Å². The highest BCUT2D eigenvalue weighted by atomic mass is 16.2. The van der Waals surface area contributed by atoms with E-state index in [9.17, 15) is 9.59 Å². The zero-order valence-corrected chi connectivity index (χ0v) is 10.1. The third kappa shape index (κ3) is 1.75. The second kappa shape index (κ2) is 3.86. The molecular weight excluding hydrogens is 216 g/mol. The Morgan fingerprint density at radius 3 is 2.76 bits per heavy atom. The van der Waals surface area contributed by atoms with Crippen molar-refractivity contribution in [3.8, 4) is 0 Å². The molecule has 0 radical (unpaired) electrons. The summed E-state index contributed by atoms with van der Waals surface area (Å²) in [5, 5.41) is 0. The summed E-state index contributed by atoms with van der Waals surface area (Å²) >= 11 is 0. The molecule has 1 aromatic rings. The van der Waals surface area contributed by atoms with Crippen LogP contribution in [-0.2, 0) is 13.6 Å². The Morgan fingerprint density at radius 1 is 1.29 bits per heavy atom. The molecule has 4 nitrogen and oxygen atoms in total. The van der Waals surface area contributed by atoms with Crippen LogP contribution >= 0.6 is 0 Å². The summed E-state index contributed by atoms with van der Waals surface area (Å²) in [6, 6.07) is 1.48. The predicted molar refractivity (Wildman–Crippen MR) is 64.9 cm³/mol. The van der Waals surface area contributed by atoms with Crippen LogP contribution in [-0.4, -0.2) is 9.13 Å². The molecule has 2 aliphatic rings. The predicted octanol–water partition coefficient (Wildman–Crippen LogP) is 0.983. The number of rotatable bonds is 2. The average Bonchev–Trinajstić information content (AvgIpc) is 2.91. The fourth-order valence-corrected chi connectivity index (χ4v) is 3.62. The van der Waals surface area contributed by atoms with Crippen molar-refractivity contribution in [1.82, 2.24) is 9.13 Å². The fraction of sp³-hybridized carbons (Fsp3) is 0.692. The van der Waals surface area contributed by atoms with Crippen molar-refractivity contribution in [1.29, 1.82) is 0 Å². The lowest BCUT2D eigenvalue weighted by atomic mass is 9.89. The summed E-state index contributed by atoms with van der Waals surface area (Å²) in [5.74, 6) is 2.15. The van der Waals surface area contributed by atoms with E-state index in [1.54, 1.807) is 13.2 Å². The summed E-state index contributed by atoms with van der Waals surface area (Å²) in [6.07, 6.45) is 6.70. The molecule has 3 unspecified atom stereocenters. The molecular formula is C13H18N2O2. The van der Waals surface area contributed by atoms with E-state index in [4.69, 9.17) is 0 Å². The first kappa shape index (κ1) is 10.8. The monoisotopic (exact) mass is 234 g/mol. The highest BCUT2D eigenvalue weighted by Gasteiger charge is 2.39. The van der Waals surface area contributed by atoms with Crippen LogP contribution in [0.2, 0.25) is 0 Å². The maximum atomic E-state index is 11.9. The van der Waals surface area contributed by atoms with Crippen molar-refractivity contribution >= 4 is 0 Å². The van der Waals surface area contributed by atoms with Crippen LogP contribution in [0.4, 0.5) is 0 Å². The van der Waals surface area contributed by atoms with Crippen LogP contribution in [0.5, 0.6) is 0 Å². The zero-order valence-electron chi connectivity index (χ0n) is 10.1. The number of fused-ring (bicyclic) bond motifs is 2. The van der Waals surface area contributed by atoms with Crippen molar-refractivity contribution < 1.29 is 0 Å². The molecule has 0 aromatic carbocycles. The van der Waals surface area contributed by atoms with E-state index in [2.05, 4.69) is 0 Å². The lowest BCUT2D eigenvalue weighted by Crippen LogP contribution is -2.40. The maximum Gasteiger partial charge on any atom is 0.330 e. The highest BCUT2D eigenvalue weighted by molar-refractivity contribution is 4.92. The van der Waals surface area contributed by atoms with Gasteiger partial charge in [-0.05, 0) is 37.0 Å². The average molecular weight is 234 g/mol. The molecule has 0 amide bonds. The van der Waals surface area contributed by atoms with Crippen LogP contribution in [0.1, 0.15) is 25.7 Å². The minimum absolute atomic E-state index is 0.157. The topological polar surface area (TPSA) is 44.0 Å². The van der Waals surface area contributed by atoms with E-state index < -0.39 is 0 Å². The van der Waals surface area contributed by atoms with Gasteiger partial charge in [0.1, 0.15) is 0 Å². The van der Waals surface area contributed by atoms with Crippen LogP contribution in [0.25, 0.3) is 0 Å². The first-order valence-electron chi connectivity index (χ1n) is 6.41. The molecule has 92 valence electrons. The summed E-state index contributed by atoms with van der Waals surface area (Å²) in [6.45, 7) is 0.619. The van der Waals surface area contributed by atoms with Gasteiger partial charge in [0.25, 0.3) is 5.56 Å². The second-order valence-electron chi connectivity index (χ2n) is 5.59. The van der Waals surface area contributed by atoms with Gasteiger partial charge in [0.2, 0.25) is 0 Å². The Bertz CT molecular complexity index is 543. The van der Waals surface area contributed by atoms with Crippen molar-refractivity contribution in [2.24, 2.45) is 24.8 Å². The Labute approximate surface area is 99.9 Å². The van der Waals surface area contributed by atoms with Gasteiger partial charge in [-0.3, -0.25) is 9.36 Å². The molecule has 0 saturated heterocycles. The number of hydrogen-bond donors (Lipinski definition) is 0. The van der Waals surface area contributed by atoms with Gasteiger partial charge in [0, 0.05) is 25.9 Å². The van der Waals surface area contributed by atoms with Gasteiger partial charge in [-0.25, -0.2) is 4.79 Å². The maximum absolute atomic E-state index is 11.9. The Kier molecular flexibility index (Phi) is 2.45. The number of hydrogen-bond acceptors (Lipinski definition) is 2. The molecule has 17 heavy (non-hydrogen) atoms. The molecule has 2 saturated carbocycles. The van der Waals surface area contributed by atoms with Crippen LogP contribution in [0.15, 0.2) is 21.9 Å². The van der Waals surface area contributed by atoms with Gasteiger partial charge in [0.15, 0.2) is 0 Å². The van der Waals surface area contributed by atoms with E-state index in [1.165, 1.54) is 40.9 Å². The highest BCUT2D eigenvalue weighted by Crippen LogP contribution is 2.48.